The normalized spacial score (nSPS) is 35.6. The van der Waals surface area contributed by atoms with Crippen molar-refractivity contribution < 1.29 is 14.6 Å². The molecule has 2 unspecified atom stereocenters. The Balaban J connectivity index is 1.37. The molecule has 0 aliphatic heterocycles. The summed E-state index contributed by atoms with van der Waals surface area (Å²) in [6.45, 7) is 0.443. The average Bonchev–Trinajstić information content (AvgIpc) is 2.50. The maximum absolute atomic E-state index is 12.6. The Morgan fingerprint density at radius 1 is 1.32 bits per heavy atom. The Bertz CT molecular complexity index is 676. The van der Waals surface area contributed by atoms with Gasteiger partial charge in [-0.15, -0.1) is 0 Å². The van der Waals surface area contributed by atoms with Gasteiger partial charge < -0.3 is 15.2 Å². The molecule has 1 aromatic carbocycles. The summed E-state index contributed by atoms with van der Waals surface area (Å²) in [5.41, 5.74) is 1.08. The van der Waals surface area contributed by atoms with Crippen molar-refractivity contribution in [2.75, 3.05) is 7.11 Å². The molecule has 0 aromatic heterocycles. The van der Waals surface area contributed by atoms with Crippen molar-refractivity contribution in [2.24, 2.45) is 17.3 Å². The van der Waals surface area contributed by atoms with E-state index < -0.39 is 0 Å². The number of ether oxygens (including phenoxy) is 1. The van der Waals surface area contributed by atoms with Crippen LogP contribution in [0.15, 0.2) is 18.2 Å². The largest absolute Gasteiger partial charge is 0.504 e. The van der Waals surface area contributed by atoms with Crippen molar-refractivity contribution >= 4 is 21.8 Å². The van der Waals surface area contributed by atoms with E-state index >= 15 is 0 Å². The first-order valence-electron chi connectivity index (χ1n) is 9.20. The van der Waals surface area contributed by atoms with Crippen LogP contribution in [0.25, 0.3) is 0 Å². The molecule has 25 heavy (non-hydrogen) atoms. The molecule has 1 amide bonds. The molecule has 5 heteroatoms. The van der Waals surface area contributed by atoms with E-state index in [4.69, 9.17) is 4.74 Å². The average molecular weight is 408 g/mol. The van der Waals surface area contributed by atoms with Gasteiger partial charge in [0.2, 0.25) is 5.91 Å². The summed E-state index contributed by atoms with van der Waals surface area (Å²) >= 11 is 4.01. The first kappa shape index (κ1) is 17.2. The number of methoxy groups -OCH3 is 1. The van der Waals surface area contributed by atoms with E-state index in [0.717, 1.165) is 23.8 Å². The third kappa shape index (κ3) is 3.40. The van der Waals surface area contributed by atoms with E-state index in [-0.39, 0.29) is 17.1 Å². The van der Waals surface area contributed by atoms with E-state index in [1.54, 1.807) is 12.1 Å². The van der Waals surface area contributed by atoms with Crippen LogP contribution >= 0.6 is 15.9 Å². The second kappa shape index (κ2) is 6.19. The number of nitrogens with one attached hydrogen (secondary N) is 1. The quantitative estimate of drug-likeness (QED) is 0.720. The van der Waals surface area contributed by atoms with Gasteiger partial charge in [0.1, 0.15) is 0 Å². The zero-order valence-electron chi connectivity index (χ0n) is 14.7. The maximum Gasteiger partial charge on any atom is 0.220 e. The lowest BCUT2D eigenvalue weighted by Gasteiger charge is -2.60. The molecule has 5 rings (SSSR count). The number of halogens is 1. The number of phenolic OH excluding ortho intramolecular Hbond substituents is 1. The molecule has 0 radical (unpaired) electrons. The molecular weight excluding hydrogens is 382 g/mol. The van der Waals surface area contributed by atoms with Crippen molar-refractivity contribution in [1.82, 2.24) is 5.32 Å². The Morgan fingerprint density at radius 2 is 2.04 bits per heavy atom. The molecule has 0 heterocycles. The minimum atomic E-state index is 0.108. The fraction of sp³-hybridized carbons (Fsp3) is 0.650. The highest BCUT2D eigenvalue weighted by atomic mass is 79.9. The molecule has 2 N–H and O–H groups in total. The molecule has 4 aliphatic rings. The Hall–Kier alpha value is -1.23. The third-order valence-corrected chi connectivity index (χ3v) is 7.31. The summed E-state index contributed by atoms with van der Waals surface area (Å²) in [7, 11) is 1.53. The summed E-state index contributed by atoms with van der Waals surface area (Å²) in [5.74, 6) is 2.29. The molecule has 0 spiro atoms. The van der Waals surface area contributed by atoms with Gasteiger partial charge in [0, 0.05) is 17.3 Å². The summed E-state index contributed by atoms with van der Waals surface area (Å²) < 4.78 is 5.34. The van der Waals surface area contributed by atoms with Crippen molar-refractivity contribution in [3.8, 4) is 11.5 Å². The zero-order valence-corrected chi connectivity index (χ0v) is 16.3. The lowest BCUT2D eigenvalue weighted by molar-refractivity contribution is -0.128. The van der Waals surface area contributed by atoms with E-state index in [2.05, 4.69) is 21.2 Å². The SMILES string of the molecule is COc1ccc(CNC(=O)CC23CC4CC(CC(Br)(C4)C2)C3)cc1O. The topological polar surface area (TPSA) is 58.6 Å². The predicted molar refractivity (Wildman–Crippen MR) is 99.9 cm³/mol. The summed E-state index contributed by atoms with van der Waals surface area (Å²) in [6.07, 6.45) is 8.15. The summed E-state index contributed by atoms with van der Waals surface area (Å²) in [6, 6.07) is 5.25. The van der Waals surface area contributed by atoms with Gasteiger partial charge >= 0.3 is 0 Å². The van der Waals surface area contributed by atoms with Crippen LogP contribution in [-0.4, -0.2) is 22.4 Å². The van der Waals surface area contributed by atoms with Gasteiger partial charge in [-0.1, -0.05) is 22.0 Å². The van der Waals surface area contributed by atoms with Crippen molar-refractivity contribution in [3.63, 3.8) is 0 Å². The number of phenols is 1. The first-order chi connectivity index (χ1) is 11.9. The molecule has 4 bridgehead atoms. The van der Waals surface area contributed by atoms with Crippen LogP contribution in [0.3, 0.4) is 0 Å². The van der Waals surface area contributed by atoms with E-state index in [1.165, 1.54) is 39.2 Å². The number of aromatic hydroxyl groups is 1. The van der Waals surface area contributed by atoms with Crippen LogP contribution in [0.4, 0.5) is 0 Å². The molecule has 0 saturated heterocycles. The maximum atomic E-state index is 12.6. The molecule has 4 nitrogen and oxygen atoms in total. The zero-order chi connectivity index (χ0) is 17.7. The van der Waals surface area contributed by atoms with Gasteiger partial charge in [0.25, 0.3) is 0 Å². The van der Waals surface area contributed by atoms with Crippen LogP contribution < -0.4 is 10.1 Å². The van der Waals surface area contributed by atoms with Gasteiger partial charge in [0.15, 0.2) is 11.5 Å². The summed E-state index contributed by atoms with van der Waals surface area (Å²) in [4.78, 5) is 12.6. The Kier molecular flexibility index (Phi) is 4.25. The lowest BCUT2D eigenvalue weighted by atomic mass is 9.48. The number of rotatable bonds is 5. The molecule has 1 aromatic rings. The first-order valence-corrected chi connectivity index (χ1v) is 10.00. The second-order valence-electron chi connectivity index (χ2n) is 8.57. The number of benzene rings is 1. The number of amides is 1. The lowest BCUT2D eigenvalue weighted by Crippen LogP contribution is -2.54. The van der Waals surface area contributed by atoms with Crippen molar-refractivity contribution in [2.45, 2.75) is 55.8 Å². The van der Waals surface area contributed by atoms with E-state index in [0.29, 0.717) is 23.0 Å². The van der Waals surface area contributed by atoms with Crippen molar-refractivity contribution in [1.29, 1.82) is 0 Å². The molecule has 136 valence electrons. The van der Waals surface area contributed by atoms with Crippen LogP contribution in [0.1, 0.15) is 50.5 Å². The van der Waals surface area contributed by atoms with Gasteiger partial charge in [-0.2, -0.15) is 0 Å². The molecule has 2 atom stereocenters. The minimum Gasteiger partial charge on any atom is -0.504 e. The van der Waals surface area contributed by atoms with Gasteiger partial charge in [-0.3, -0.25) is 4.79 Å². The van der Waals surface area contributed by atoms with E-state index in [9.17, 15) is 9.90 Å². The van der Waals surface area contributed by atoms with Crippen LogP contribution in [0.2, 0.25) is 0 Å². The van der Waals surface area contributed by atoms with Gasteiger partial charge in [-0.25, -0.2) is 0 Å². The standard InChI is InChI=1S/C20H26BrNO3/c1-25-17-3-2-13(5-16(17)23)11-22-18(24)10-19-6-14-4-15(7-19)9-20(21,8-14)12-19/h2-3,5,14-15,23H,4,6-12H2,1H3,(H,22,24). The van der Waals surface area contributed by atoms with Gasteiger partial charge in [0.05, 0.1) is 7.11 Å². The monoisotopic (exact) mass is 407 g/mol. The molecule has 4 aliphatic carbocycles. The smallest absolute Gasteiger partial charge is 0.220 e. The second-order valence-corrected chi connectivity index (χ2v) is 10.3. The number of carbonyl (C=O) groups excluding carboxylic acids is 1. The Labute approximate surface area is 157 Å². The molecular formula is C20H26BrNO3. The molecule has 4 saturated carbocycles. The minimum absolute atomic E-state index is 0.108. The Morgan fingerprint density at radius 3 is 2.64 bits per heavy atom. The fourth-order valence-corrected chi connectivity index (χ4v) is 7.50. The highest BCUT2D eigenvalue weighted by molar-refractivity contribution is 9.10. The molecule has 4 fully saturated rings. The number of carbonyl (C=O) groups is 1. The van der Waals surface area contributed by atoms with Gasteiger partial charge in [-0.05, 0) is 73.5 Å². The highest BCUT2D eigenvalue weighted by Crippen LogP contribution is 2.65. The van der Waals surface area contributed by atoms with Crippen LogP contribution in [0, 0.1) is 17.3 Å². The fourth-order valence-electron chi connectivity index (χ4n) is 5.99. The predicted octanol–water partition coefficient (Wildman–Crippen LogP) is 4.14. The summed E-state index contributed by atoms with van der Waals surface area (Å²) in [5, 5.41) is 12.9. The van der Waals surface area contributed by atoms with Crippen LogP contribution in [0.5, 0.6) is 11.5 Å². The number of hydrogen-bond acceptors (Lipinski definition) is 3. The van der Waals surface area contributed by atoms with Crippen molar-refractivity contribution in [3.05, 3.63) is 23.8 Å². The third-order valence-electron chi connectivity index (χ3n) is 6.38. The van der Waals surface area contributed by atoms with E-state index in [1.807, 2.05) is 6.07 Å². The highest BCUT2D eigenvalue weighted by Gasteiger charge is 2.57. The van der Waals surface area contributed by atoms with Crippen LogP contribution in [-0.2, 0) is 11.3 Å². The number of hydrogen-bond donors (Lipinski definition) is 2. The number of alkyl halides is 1.